The van der Waals surface area contributed by atoms with Crippen molar-refractivity contribution >= 4 is 11.7 Å². The molecule has 0 aliphatic carbocycles. The van der Waals surface area contributed by atoms with Gasteiger partial charge >= 0.3 is 6.03 Å². The lowest BCUT2D eigenvalue weighted by Crippen LogP contribution is -2.38. The summed E-state index contributed by atoms with van der Waals surface area (Å²) in [6.45, 7) is 3.79. The molecule has 6 heteroatoms. The average Bonchev–Trinajstić information content (AvgIpc) is 2.63. The molecule has 1 rings (SSSR count). The van der Waals surface area contributed by atoms with Crippen LogP contribution in [0.4, 0.5) is 10.5 Å². The van der Waals surface area contributed by atoms with Crippen molar-refractivity contribution < 1.29 is 4.79 Å². The van der Waals surface area contributed by atoms with E-state index in [1.807, 2.05) is 6.92 Å². The van der Waals surface area contributed by atoms with E-state index in [0.717, 1.165) is 0 Å². The third-order valence-electron chi connectivity index (χ3n) is 2.09. The zero-order valence-electron chi connectivity index (χ0n) is 9.10. The van der Waals surface area contributed by atoms with Crippen molar-refractivity contribution in [3.8, 4) is 0 Å². The maximum absolute atomic E-state index is 11.3. The highest BCUT2D eigenvalue weighted by Crippen LogP contribution is 1.96. The van der Waals surface area contributed by atoms with E-state index < -0.39 is 0 Å². The summed E-state index contributed by atoms with van der Waals surface area (Å²) in [5.41, 5.74) is 6.13. The molecule has 0 saturated heterocycles. The molecule has 3 N–H and O–H groups in total. The second kappa shape index (κ2) is 5.23. The zero-order chi connectivity index (χ0) is 11.3. The predicted octanol–water partition coefficient (Wildman–Crippen LogP) is 0.127. The number of carbonyl (C=O) groups is 1. The largest absolute Gasteiger partial charge is 0.396 e. The van der Waals surface area contributed by atoms with E-state index in [-0.39, 0.29) is 6.03 Å². The molecule has 84 valence electrons. The first-order valence-electron chi connectivity index (χ1n) is 4.90. The molecule has 2 amide bonds. The van der Waals surface area contributed by atoms with E-state index in [2.05, 4.69) is 10.4 Å². The fraction of sp³-hybridized carbons (Fsp3) is 0.556. The molecule has 6 nitrogen and oxygen atoms in total. The van der Waals surface area contributed by atoms with Crippen LogP contribution in [0.1, 0.15) is 6.92 Å². The van der Waals surface area contributed by atoms with Crippen LogP contribution in [-0.4, -0.2) is 40.8 Å². The summed E-state index contributed by atoms with van der Waals surface area (Å²) in [6.07, 6.45) is 3.32. The fourth-order valence-electron chi connectivity index (χ4n) is 1.06. The van der Waals surface area contributed by atoms with Crippen LogP contribution in [0.15, 0.2) is 12.4 Å². The van der Waals surface area contributed by atoms with E-state index in [1.165, 1.54) is 0 Å². The van der Waals surface area contributed by atoms with E-state index >= 15 is 0 Å². The minimum Gasteiger partial charge on any atom is -0.396 e. The van der Waals surface area contributed by atoms with Gasteiger partial charge in [-0.15, -0.1) is 0 Å². The van der Waals surface area contributed by atoms with Crippen LogP contribution in [0.3, 0.4) is 0 Å². The van der Waals surface area contributed by atoms with Gasteiger partial charge in [0.2, 0.25) is 0 Å². The topological polar surface area (TPSA) is 76.2 Å². The monoisotopic (exact) mass is 211 g/mol. The Balaban J connectivity index is 2.24. The second-order valence-corrected chi connectivity index (χ2v) is 3.28. The molecule has 0 aliphatic rings. The van der Waals surface area contributed by atoms with Gasteiger partial charge in [-0.1, -0.05) is 0 Å². The normalized spacial score (nSPS) is 10.0. The highest BCUT2D eigenvalue weighted by atomic mass is 16.2. The van der Waals surface area contributed by atoms with Gasteiger partial charge in [-0.25, -0.2) is 4.79 Å². The molecule has 15 heavy (non-hydrogen) atoms. The third-order valence-corrected chi connectivity index (χ3v) is 2.09. The number of hydrogen-bond acceptors (Lipinski definition) is 3. The van der Waals surface area contributed by atoms with Crippen LogP contribution in [-0.2, 0) is 6.54 Å². The minimum absolute atomic E-state index is 0.0716. The average molecular weight is 211 g/mol. The van der Waals surface area contributed by atoms with E-state index in [4.69, 9.17) is 5.73 Å². The Morgan fingerprint density at radius 1 is 1.73 bits per heavy atom. The summed E-state index contributed by atoms with van der Waals surface area (Å²) < 4.78 is 1.70. The van der Waals surface area contributed by atoms with Gasteiger partial charge in [0.05, 0.1) is 18.4 Å². The Kier molecular flexibility index (Phi) is 3.96. The number of nitrogens with two attached hydrogens (primary N) is 1. The SMILES string of the molecule is CCN(C)C(=O)NCCn1cc(N)cn1. The van der Waals surface area contributed by atoms with E-state index in [0.29, 0.717) is 25.3 Å². The van der Waals surface area contributed by atoms with Crippen molar-refractivity contribution in [2.75, 3.05) is 25.9 Å². The van der Waals surface area contributed by atoms with Gasteiger partial charge in [-0.3, -0.25) is 4.68 Å². The number of nitrogen functional groups attached to an aromatic ring is 1. The number of carbonyl (C=O) groups excluding carboxylic acids is 1. The van der Waals surface area contributed by atoms with Gasteiger partial charge in [-0.2, -0.15) is 5.10 Å². The van der Waals surface area contributed by atoms with Crippen molar-refractivity contribution in [1.29, 1.82) is 0 Å². The van der Waals surface area contributed by atoms with Crippen molar-refractivity contribution in [1.82, 2.24) is 20.0 Å². The summed E-state index contributed by atoms with van der Waals surface area (Å²) in [5.74, 6) is 0. The van der Waals surface area contributed by atoms with Gasteiger partial charge in [0.25, 0.3) is 0 Å². The molecule has 1 aromatic rings. The van der Waals surface area contributed by atoms with E-state index in [1.54, 1.807) is 29.0 Å². The van der Waals surface area contributed by atoms with E-state index in [9.17, 15) is 4.79 Å². The predicted molar refractivity (Wildman–Crippen MR) is 58.3 cm³/mol. The smallest absolute Gasteiger partial charge is 0.317 e. The maximum atomic E-state index is 11.3. The number of anilines is 1. The number of aromatic nitrogens is 2. The number of urea groups is 1. The van der Waals surface area contributed by atoms with Gasteiger partial charge < -0.3 is 16.0 Å². The zero-order valence-corrected chi connectivity index (χ0v) is 9.10. The van der Waals surface area contributed by atoms with Gasteiger partial charge in [0.15, 0.2) is 0 Å². The van der Waals surface area contributed by atoms with Crippen LogP contribution in [0, 0.1) is 0 Å². The number of nitrogens with one attached hydrogen (secondary N) is 1. The minimum atomic E-state index is -0.0716. The highest BCUT2D eigenvalue weighted by molar-refractivity contribution is 5.73. The molecule has 0 radical (unpaired) electrons. The standard InChI is InChI=1S/C9H17N5O/c1-3-13(2)9(15)11-4-5-14-7-8(10)6-12-14/h6-7H,3-5,10H2,1-2H3,(H,11,15). The van der Waals surface area contributed by atoms with Crippen molar-refractivity contribution in [2.24, 2.45) is 0 Å². The number of hydrogen-bond donors (Lipinski definition) is 2. The van der Waals surface area contributed by atoms with Crippen molar-refractivity contribution in [3.05, 3.63) is 12.4 Å². The lowest BCUT2D eigenvalue weighted by atomic mass is 10.5. The number of nitrogens with zero attached hydrogens (tertiary/aromatic N) is 3. The molecule has 0 unspecified atom stereocenters. The van der Waals surface area contributed by atoms with Gasteiger partial charge in [0.1, 0.15) is 0 Å². The second-order valence-electron chi connectivity index (χ2n) is 3.28. The molecule has 0 fully saturated rings. The Morgan fingerprint density at radius 3 is 3.00 bits per heavy atom. The lowest BCUT2D eigenvalue weighted by Gasteiger charge is -2.15. The Hall–Kier alpha value is -1.72. The number of amides is 2. The van der Waals surface area contributed by atoms with Crippen molar-refractivity contribution in [2.45, 2.75) is 13.5 Å². The molecule has 0 spiro atoms. The Morgan fingerprint density at radius 2 is 2.47 bits per heavy atom. The number of rotatable bonds is 4. The van der Waals surface area contributed by atoms with Gasteiger partial charge in [-0.05, 0) is 6.92 Å². The van der Waals surface area contributed by atoms with Crippen molar-refractivity contribution in [3.63, 3.8) is 0 Å². The molecule has 0 aliphatic heterocycles. The molecule has 0 bridgehead atoms. The maximum Gasteiger partial charge on any atom is 0.317 e. The van der Waals surface area contributed by atoms with Gasteiger partial charge in [0, 0.05) is 26.3 Å². The Labute approximate surface area is 89.0 Å². The van der Waals surface area contributed by atoms with Crippen LogP contribution < -0.4 is 11.1 Å². The molecular weight excluding hydrogens is 194 g/mol. The first-order chi connectivity index (χ1) is 7.13. The Bertz CT molecular complexity index is 322. The molecule has 1 heterocycles. The summed E-state index contributed by atoms with van der Waals surface area (Å²) in [5, 5.41) is 6.78. The van der Waals surface area contributed by atoms with Crippen LogP contribution in [0.25, 0.3) is 0 Å². The summed E-state index contributed by atoms with van der Waals surface area (Å²) in [6, 6.07) is -0.0716. The summed E-state index contributed by atoms with van der Waals surface area (Å²) >= 11 is 0. The first kappa shape index (κ1) is 11.4. The van der Waals surface area contributed by atoms with Crippen LogP contribution in [0.5, 0.6) is 0 Å². The first-order valence-corrected chi connectivity index (χ1v) is 4.90. The quantitative estimate of drug-likeness (QED) is 0.743. The molecule has 1 aromatic heterocycles. The molecule has 0 aromatic carbocycles. The molecule has 0 atom stereocenters. The lowest BCUT2D eigenvalue weighted by molar-refractivity contribution is 0.210. The summed E-state index contributed by atoms with van der Waals surface area (Å²) in [7, 11) is 1.75. The fourth-order valence-corrected chi connectivity index (χ4v) is 1.06. The van der Waals surface area contributed by atoms with Crippen LogP contribution >= 0.6 is 0 Å². The summed E-state index contributed by atoms with van der Waals surface area (Å²) in [4.78, 5) is 12.9. The highest BCUT2D eigenvalue weighted by Gasteiger charge is 2.04. The van der Waals surface area contributed by atoms with Crippen LogP contribution in [0.2, 0.25) is 0 Å². The third kappa shape index (κ3) is 3.49. The molecule has 0 saturated carbocycles. The molecular formula is C9H17N5O.